The van der Waals surface area contributed by atoms with Crippen LogP contribution in [0.1, 0.15) is 40.0 Å². The van der Waals surface area contributed by atoms with Gasteiger partial charge in [-0.2, -0.15) is 0 Å². The normalized spacial score (nSPS) is 37.3. The third kappa shape index (κ3) is 1.79. The van der Waals surface area contributed by atoms with E-state index in [1.54, 1.807) is 0 Å². The minimum absolute atomic E-state index is 0.699. The average Bonchev–Trinajstić information content (AvgIpc) is 2.73. The standard InChI is InChI=1S/C15H24/c1-6-10(3)11(4)12(5)15-13-7-9(2)8-14(13)15/h10,12-15H,2,4,6-8H2,1,3,5H3/t10?,12-,13-,14?,15?/m1/s1. The Labute approximate surface area is 94.5 Å². The number of hydrogen-bond acceptors (Lipinski definition) is 0. The summed E-state index contributed by atoms with van der Waals surface area (Å²) in [6.07, 6.45) is 3.83. The van der Waals surface area contributed by atoms with Crippen molar-refractivity contribution >= 4 is 0 Å². The van der Waals surface area contributed by atoms with Gasteiger partial charge in [0.1, 0.15) is 0 Å². The summed E-state index contributed by atoms with van der Waals surface area (Å²) in [7, 11) is 0. The minimum atomic E-state index is 0.699. The van der Waals surface area contributed by atoms with Crippen LogP contribution >= 0.6 is 0 Å². The minimum Gasteiger partial charge on any atom is -0.0998 e. The fourth-order valence-electron chi connectivity index (χ4n) is 3.50. The van der Waals surface area contributed by atoms with Crippen molar-refractivity contribution < 1.29 is 0 Å². The molecule has 0 saturated heterocycles. The molecule has 2 saturated carbocycles. The van der Waals surface area contributed by atoms with E-state index < -0.39 is 0 Å². The van der Waals surface area contributed by atoms with Crippen LogP contribution in [0.5, 0.6) is 0 Å². The molecule has 0 spiro atoms. The summed E-state index contributed by atoms with van der Waals surface area (Å²) in [5, 5.41) is 0. The van der Waals surface area contributed by atoms with Crippen molar-refractivity contribution in [1.82, 2.24) is 0 Å². The van der Waals surface area contributed by atoms with Crippen molar-refractivity contribution in [3.63, 3.8) is 0 Å². The van der Waals surface area contributed by atoms with Gasteiger partial charge in [0.2, 0.25) is 0 Å². The molecule has 2 aliphatic rings. The van der Waals surface area contributed by atoms with E-state index in [0.29, 0.717) is 5.92 Å². The molecule has 5 atom stereocenters. The first kappa shape index (κ1) is 11.0. The molecule has 0 N–H and O–H groups in total. The van der Waals surface area contributed by atoms with Gasteiger partial charge in [-0.05, 0) is 48.9 Å². The highest BCUT2D eigenvalue weighted by atomic mass is 14.6. The molecule has 0 aromatic heterocycles. The second-order valence-corrected chi connectivity index (χ2v) is 5.74. The average molecular weight is 204 g/mol. The first-order chi connectivity index (χ1) is 7.06. The summed E-state index contributed by atoms with van der Waals surface area (Å²) < 4.78 is 0. The summed E-state index contributed by atoms with van der Waals surface area (Å²) in [6.45, 7) is 15.4. The molecule has 0 amide bonds. The van der Waals surface area contributed by atoms with Crippen molar-refractivity contribution in [2.45, 2.75) is 40.0 Å². The summed E-state index contributed by atoms with van der Waals surface area (Å²) >= 11 is 0. The summed E-state index contributed by atoms with van der Waals surface area (Å²) in [5.74, 6) is 4.31. The SMILES string of the molecule is C=C1CC2C([C@H](C)C(=C)C(C)CC)[C@@H]2C1. The van der Waals surface area contributed by atoms with E-state index in [1.807, 2.05) is 0 Å². The molecule has 0 aromatic rings. The Morgan fingerprint density at radius 3 is 2.33 bits per heavy atom. The highest BCUT2D eigenvalue weighted by Crippen LogP contribution is 2.63. The van der Waals surface area contributed by atoms with Gasteiger partial charge < -0.3 is 0 Å². The number of allylic oxidation sites excluding steroid dienone is 2. The van der Waals surface area contributed by atoms with Crippen LogP contribution in [0.2, 0.25) is 0 Å². The maximum atomic E-state index is 4.31. The number of hydrogen-bond donors (Lipinski definition) is 0. The topological polar surface area (TPSA) is 0 Å². The lowest BCUT2D eigenvalue weighted by atomic mass is 9.84. The van der Waals surface area contributed by atoms with Crippen LogP contribution in [0.15, 0.2) is 24.3 Å². The van der Waals surface area contributed by atoms with Gasteiger partial charge in [0.15, 0.2) is 0 Å². The highest BCUT2D eigenvalue weighted by molar-refractivity contribution is 5.22. The zero-order chi connectivity index (χ0) is 11.2. The van der Waals surface area contributed by atoms with Gasteiger partial charge in [-0.3, -0.25) is 0 Å². The Kier molecular flexibility index (Phi) is 2.79. The molecule has 2 rings (SSSR count). The quantitative estimate of drug-likeness (QED) is 0.594. The third-order valence-corrected chi connectivity index (χ3v) is 4.85. The number of fused-ring (bicyclic) bond motifs is 1. The van der Waals surface area contributed by atoms with Crippen LogP contribution in [-0.4, -0.2) is 0 Å². The van der Waals surface area contributed by atoms with Crippen LogP contribution in [-0.2, 0) is 0 Å². The van der Waals surface area contributed by atoms with E-state index in [-0.39, 0.29) is 0 Å². The molecule has 0 radical (unpaired) electrons. The largest absolute Gasteiger partial charge is 0.0998 e. The van der Waals surface area contributed by atoms with Gasteiger partial charge in [0.05, 0.1) is 0 Å². The second-order valence-electron chi connectivity index (χ2n) is 5.74. The van der Waals surface area contributed by atoms with E-state index in [2.05, 4.69) is 33.9 Å². The van der Waals surface area contributed by atoms with E-state index >= 15 is 0 Å². The van der Waals surface area contributed by atoms with E-state index in [9.17, 15) is 0 Å². The predicted octanol–water partition coefficient (Wildman–Crippen LogP) is 4.44. The molecular weight excluding hydrogens is 180 g/mol. The molecule has 0 aromatic carbocycles. The zero-order valence-corrected chi connectivity index (χ0v) is 10.4. The molecule has 2 aliphatic carbocycles. The van der Waals surface area contributed by atoms with Crippen molar-refractivity contribution in [1.29, 1.82) is 0 Å². The Morgan fingerprint density at radius 2 is 1.87 bits per heavy atom. The Balaban J connectivity index is 1.92. The lowest BCUT2D eigenvalue weighted by molar-refractivity contribution is 0.452. The molecule has 84 valence electrons. The van der Waals surface area contributed by atoms with E-state index in [1.165, 1.54) is 30.4 Å². The van der Waals surface area contributed by atoms with Crippen LogP contribution in [0.25, 0.3) is 0 Å². The lowest BCUT2D eigenvalue weighted by Crippen LogP contribution is -2.11. The van der Waals surface area contributed by atoms with Gasteiger partial charge in [-0.1, -0.05) is 45.1 Å². The van der Waals surface area contributed by atoms with E-state index in [0.717, 1.165) is 23.7 Å². The van der Waals surface area contributed by atoms with Gasteiger partial charge in [0, 0.05) is 0 Å². The maximum absolute atomic E-state index is 4.31. The molecule has 2 fully saturated rings. The molecule has 0 heterocycles. The van der Waals surface area contributed by atoms with Crippen molar-refractivity contribution in [2.24, 2.45) is 29.6 Å². The van der Waals surface area contributed by atoms with Crippen LogP contribution in [0.3, 0.4) is 0 Å². The molecule has 0 heteroatoms. The van der Waals surface area contributed by atoms with E-state index in [4.69, 9.17) is 0 Å². The highest BCUT2D eigenvalue weighted by Gasteiger charge is 2.56. The molecule has 0 aliphatic heterocycles. The van der Waals surface area contributed by atoms with Crippen LogP contribution < -0.4 is 0 Å². The first-order valence-electron chi connectivity index (χ1n) is 6.41. The molecule has 0 nitrogen and oxygen atoms in total. The Morgan fingerprint density at radius 1 is 1.33 bits per heavy atom. The fraction of sp³-hybridized carbons (Fsp3) is 0.733. The molecular formula is C15H24. The first-order valence-corrected chi connectivity index (χ1v) is 6.41. The predicted molar refractivity (Wildman–Crippen MR) is 66.6 cm³/mol. The Bertz CT molecular complexity index is 272. The fourth-order valence-corrected chi connectivity index (χ4v) is 3.50. The molecule has 3 unspecified atom stereocenters. The van der Waals surface area contributed by atoms with Gasteiger partial charge in [-0.25, -0.2) is 0 Å². The zero-order valence-electron chi connectivity index (χ0n) is 10.4. The summed E-state index contributed by atoms with van der Waals surface area (Å²) in [6, 6.07) is 0. The maximum Gasteiger partial charge on any atom is -0.0198 e. The lowest BCUT2D eigenvalue weighted by Gasteiger charge is -2.21. The van der Waals surface area contributed by atoms with Gasteiger partial charge in [0.25, 0.3) is 0 Å². The summed E-state index contributed by atoms with van der Waals surface area (Å²) in [4.78, 5) is 0. The second kappa shape index (κ2) is 3.81. The van der Waals surface area contributed by atoms with Crippen LogP contribution in [0, 0.1) is 29.6 Å². The van der Waals surface area contributed by atoms with Gasteiger partial charge >= 0.3 is 0 Å². The third-order valence-electron chi connectivity index (χ3n) is 4.85. The van der Waals surface area contributed by atoms with Crippen LogP contribution in [0.4, 0.5) is 0 Å². The summed E-state index contributed by atoms with van der Waals surface area (Å²) in [5.41, 5.74) is 2.98. The number of rotatable bonds is 4. The smallest absolute Gasteiger partial charge is 0.0198 e. The van der Waals surface area contributed by atoms with Crippen molar-refractivity contribution in [3.05, 3.63) is 24.3 Å². The van der Waals surface area contributed by atoms with Gasteiger partial charge in [-0.15, -0.1) is 0 Å². The van der Waals surface area contributed by atoms with Crippen molar-refractivity contribution in [2.75, 3.05) is 0 Å². The molecule has 0 bridgehead atoms. The van der Waals surface area contributed by atoms with Crippen molar-refractivity contribution in [3.8, 4) is 0 Å². The Hall–Kier alpha value is -0.520. The molecule has 15 heavy (non-hydrogen) atoms. The monoisotopic (exact) mass is 204 g/mol.